The van der Waals surface area contributed by atoms with Crippen LogP contribution in [0.5, 0.6) is 0 Å². The van der Waals surface area contributed by atoms with Gasteiger partial charge in [-0.05, 0) is 37.4 Å². The van der Waals surface area contributed by atoms with Gasteiger partial charge in [-0.3, -0.25) is 0 Å². The van der Waals surface area contributed by atoms with Crippen LogP contribution >= 0.6 is 11.6 Å². The molecule has 1 saturated heterocycles. The highest BCUT2D eigenvalue weighted by Crippen LogP contribution is 2.20. The molecule has 0 amide bonds. The lowest BCUT2D eigenvalue weighted by atomic mass is 9.98. The third kappa shape index (κ3) is 2.58. The fraction of sp³-hybridized carbons (Fsp3) is 0.600. The Kier molecular flexibility index (Phi) is 3.38. The fourth-order valence-corrected chi connectivity index (χ4v) is 2.04. The van der Waals surface area contributed by atoms with E-state index in [1.807, 2.05) is 6.07 Å². The number of hydrogen-bond donors (Lipinski definition) is 1. The first-order valence-electron chi connectivity index (χ1n) is 5.24. The molecular weight excluding hydrogens is 212 g/mol. The minimum Gasteiger partial charge on any atom is -0.355 e. The SMILES string of the molecule is NC[C@H]1CCCN(c2ccc(Cl)nn2)C1. The van der Waals surface area contributed by atoms with Crippen LogP contribution in [0.4, 0.5) is 5.82 Å². The van der Waals surface area contributed by atoms with Crippen molar-refractivity contribution in [1.29, 1.82) is 0 Å². The Morgan fingerprint density at radius 1 is 1.47 bits per heavy atom. The number of anilines is 1. The fourth-order valence-electron chi connectivity index (χ4n) is 1.94. The molecular formula is C10H15ClN4. The van der Waals surface area contributed by atoms with Crippen molar-refractivity contribution in [3.8, 4) is 0 Å². The molecule has 5 heteroatoms. The van der Waals surface area contributed by atoms with Crippen molar-refractivity contribution in [2.75, 3.05) is 24.5 Å². The van der Waals surface area contributed by atoms with Crippen molar-refractivity contribution < 1.29 is 0 Å². The molecule has 1 aromatic heterocycles. The lowest BCUT2D eigenvalue weighted by Crippen LogP contribution is -2.38. The van der Waals surface area contributed by atoms with Crippen LogP contribution in [0.25, 0.3) is 0 Å². The first-order valence-corrected chi connectivity index (χ1v) is 5.61. The molecule has 2 N–H and O–H groups in total. The van der Waals surface area contributed by atoms with E-state index in [2.05, 4.69) is 15.1 Å². The predicted molar refractivity (Wildman–Crippen MR) is 61.0 cm³/mol. The summed E-state index contributed by atoms with van der Waals surface area (Å²) in [7, 11) is 0. The molecule has 1 aliphatic rings. The zero-order valence-corrected chi connectivity index (χ0v) is 9.32. The van der Waals surface area contributed by atoms with Crippen LogP contribution in [0.3, 0.4) is 0 Å². The summed E-state index contributed by atoms with van der Waals surface area (Å²) in [5.74, 6) is 1.48. The number of hydrogen-bond acceptors (Lipinski definition) is 4. The molecule has 0 unspecified atom stereocenters. The van der Waals surface area contributed by atoms with Crippen LogP contribution in [0.1, 0.15) is 12.8 Å². The number of aromatic nitrogens is 2. The smallest absolute Gasteiger partial charge is 0.151 e. The lowest BCUT2D eigenvalue weighted by Gasteiger charge is -2.32. The van der Waals surface area contributed by atoms with Crippen LogP contribution in [0.15, 0.2) is 12.1 Å². The van der Waals surface area contributed by atoms with Crippen molar-refractivity contribution in [2.45, 2.75) is 12.8 Å². The molecule has 82 valence electrons. The summed E-state index contributed by atoms with van der Waals surface area (Å²) in [5.41, 5.74) is 5.68. The molecule has 4 nitrogen and oxygen atoms in total. The predicted octanol–water partition coefficient (Wildman–Crippen LogP) is 1.31. The third-order valence-electron chi connectivity index (χ3n) is 2.79. The molecule has 1 atom stereocenters. The highest BCUT2D eigenvalue weighted by molar-refractivity contribution is 6.29. The van der Waals surface area contributed by atoms with Crippen LogP contribution in [-0.4, -0.2) is 29.8 Å². The molecule has 0 spiro atoms. The first-order chi connectivity index (χ1) is 7.29. The van der Waals surface area contributed by atoms with Crippen LogP contribution < -0.4 is 10.6 Å². The average molecular weight is 227 g/mol. The number of piperidine rings is 1. The molecule has 0 radical (unpaired) electrons. The Balaban J connectivity index is 2.06. The van der Waals surface area contributed by atoms with Gasteiger partial charge >= 0.3 is 0 Å². The highest BCUT2D eigenvalue weighted by atomic mass is 35.5. The molecule has 1 aliphatic heterocycles. The topological polar surface area (TPSA) is 55.0 Å². The minimum atomic E-state index is 0.436. The number of nitrogens with two attached hydrogens (primary N) is 1. The summed E-state index contributed by atoms with van der Waals surface area (Å²) in [6.45, 7) is 2.76. The quantitative estimate of drug-likeness (QED) is 0.826. The van der Waals surface area contributed by atoms with Gasteiger partial charge in [-0.1, -0.05) is 11.6 Å². The van der Waals surface area contributed by atoms with E-state index in [4.69, 9.17) is 17.3 Å². The monoisotopic (exact) mass is 226 g/mol. The van der Waals surface area contributed by atoms with E-state index in [9.17, 15) is 0 Å². The molecule has 0 aliphatic carbocycles. The molecule has 0 saturated carbocycles. The average Bonchev–Trinajstić information content (AvgIpc) is 2.30. The van der Waals surface area contributed by atoms with E-state index in [0.29, 0.717) is 11.1 Å². The van der Waals surface area contributed by atoms with Crippen molar-refractivity contribution in [1.82, 2.24) is 10.2 Å². The third-order valence-corrected chi connectivity index (χ3v) is 3.00. The Morgan fingerprint density at radius 2 is 2.33 bits per heavy atom. The van der Waals surface area contributed by atoms with Crippen molar-refractivity contribution >= 4 is 17.4 Å². The second-order valence-electron chi connectivity index (χ2n) is 3.90. The van der Waals surface area contributed by atoms with Crippen LogP contribution in [0.2, 0.25) is 5.15 Å². The summed E-state index contributed by atoms with van der Waals surface area (Å²) in [5, 5.41) is 8.36. The number of rotatable bonds is 2. The van der Waals surface area contributed by atoms with E-state index in [1.165, 1.54) is 12.8 Å². The lowest BCUT2D eigenvalue weighted by molar-refractivity contribution is 0.421. The van der Waals surface area contributed by atoms with Gasteiger partial charge in [0, 0.05) is 13.1 Å². The van der Waals surface area contributed by atoms with Crippen LogP contribution in [-0.2, 0) is 0 Å². The molecule has 1 aromatic rings. The maximum absolute atomic E-state index is 5.69. The summed E-state index contributed by atoms with van der Waals surface area (Å²) < 4.78 is 0. The number of nitrogens with zero attached hydrogens (tertiary/aromatic N) is 3. The van der Waals surface area contributed by atoms with E-state index in [-0.39, 0.29) is 0 Å². The van der Waals surface area contributed by atoms with Crippen molar-refractivity contribution in [2.24, 2.45) is 11.7 Å². The van der Waals surface area contributed by atoms with Crippen molar-refractivity contribution in [3.63, 3.8) is 0 Å². The van der Waals surface area contributed by atoms with Gasteiger partial charge in [-0.2, -0.15) is 0 Å². The van der Waals surface area contributed by atoms with E-state index in [1.54, 1.807) is 6.07 Å². The molecule has 1 fully saturated rings. The standard InChI is InChI=1S/C10H15ClN4/c11-9-3-4-10(14-13-9)15-5-1-2-8(6-12)7-15/h3-4,8H,1-2,5-7,12H2/t8-/m1/s1. The van der Waals surface area contributed by atoms with Gasteiger partial charge in [0.25, 0.3) is 0 Å². The summed E-state index contributed by atoms with van der Waals surface area (Å²) >= 11 is 5.69. The van der Waals surface area contributed by atoms with Gasteiger partial charge in [0.15, 0.2) is 11.0 Å². The highest BCUT2D eigenvalue weighted by Gasteiger charge is 2.19. The van der Waals surface area contributed by atoms with Gasteiger partial charge in [-0.15, -0.1) is 10.2 Å². The molecule has 0 aromatic carbocycles. The summed E-state index contributed by atoms with van der Waals surface area (Å²) in [4.78, 5) is 2.23. The Bertz CT molecular complexity index is 314. The van der Waals surface area contributed by atoms with Crippen LogP contribution in [0, 0.1) is 5.92 Å². The van der Waals surface area contributed by atoms with Gasteiger partial charge in [-0.25, -0.2) is 0 Å². The molecule has 2 rings (SSSR count). The second kappa shape index (κ2) is 4.77. The Hall–Kier alpha value is -0.870. The maximum Gasteiger partial charge on any atom is 0.151 e. The maximum atomic E-state index is 5.69. The normalized spacial score (nSPS) is 21.7. The minimum absolute atomic E-state index is 0.436. The van der Waals surface area contributed by atoms with Crippen molar-refractivity contribution in [3.05, 3.63) is 17.3 Å². The second-order valence-corrected chi connectivity index (χ2v) is 4.29. The molecule has 0 bridgehead atoms. The zero-order valence-electron chi connectivity index (χ0n) is 8.56. The van der Waals surface area contributed by atoms with E-state index in [0.717, 1.165) is 25.5 Å². The zero-order chi connectivity index (χ0) is 10.7. The van der Waals surface area contributed by atoms with Gasteiger partial charge in [0.05, 0.1) is 0 Å². The summed E-state index contributed by atoms with van der Waals surface area (Å²) in [6, 6.07) is 3.68. The van der Waals surface area contributed by atoms with Gasteiger partial charge in [0.2, 0.25) is 0 Å². The number of halogens is 1. The van der Waals surface area contributed by atoms with Gasteiger partial charge < -0.3 is 10.6 Å². The molecule has 15 heavy (non-hydrogen) atoms. The summed E-state index contributed by atoms with van der Waals surface area (Å²) in [6.07, 6.45) is 2.39. The van der Waals surface area contributed by atoms with E-state index < -0.39 is 0 Å². The Labute approximate surface area is 94.4 Å². The first kappa shape index (κ1) is 10.6. The van der Waals surface area contributed by atoms with Gasteiger partial charge in [0.1, 0.15) is 0 Å². The van der Waals surface area contributed by atoms with E-state index >= 15 is 0 Å². The Morgan fingerprint density at radius 3 is 3.00 bits per heavy atom. The molecule has 2 heterocycles. The largest absolute Gasteiger partial charge is 0.355 e.